The van der Waals surface area contributed by atoms with Crippen molar-refractivity contribution in [1.82, 2.24) is 4.98 Å². The molecule has 0 aliphatic rings. The van der Waals surface area contributed by atoms with Gasteiger partial charge in [-0.3, -0.25) is 4.98 Å². The highest BCUT2D eigenvalue weighted by molar-refractivity contribution is 5.84. The molecule has 0 fully saturated rings. The van der Waals surface area contributed by atoms with E-state index < -0.39 is 0 Å². The first kappa shape index (κ1) is 7.75. The Hall–Kier alpha value is -1.88. The van der Waals surface area contributed by atoms with Crippen LogP contribution in [0.4, 0.5) is 0 Å². The van der Waals surface area contributed by atoms with Crippen molar-refractivity contribution >= 4 is 10.8 Å². The third-order valence-electron chi connectivity index (χ3n) is 2.04. The maximum Gasteiger partial charge on any atom is 0.0669 e. The van der Waals surface area contributed by atoms with Gasteiger partial charge in [0.05, 0.1) is 12.5 Å². The van der Waals surface area contributed by atoms with Gasteiger partial charge in [-0.25, -0.2) is 0 Å². The predicted octanol–water partition coefficient (Wildman–Crippen LogP) is 2.30. The number of benzene rings is 1. The van der Waals surface area contributed by atoms with E-state index in [0.717, 1.165) is 16.3 Å². The molecule has 0 spiro atoms. The van der Waals surface area contributed by atoms with E-state index in [9.17, 15) is 0 Å². The topological polar surface area (TPSA) is 36.7 Å². The minimum Gasteiger partial charge on any atom is -0.264 e. The molecule has 1 aromatic heterocycles. The van der Waals surface area contributed by atoms with Gasteiger partial charge in [-0.2, -0.15) is 5.26 Å². The van der Waals surface area contributed by atoms with Crippen molar-refractivity contribution in [3.8, 4) is 6.07 Å². The van der Waals surface area contributed by atoms with E-state index in [0.29, 0.717) is 6.42 Å². The molecule has 1 heterocycles. The van der Waals surface area contributed by atoms with Gasteiger partial charge in [0.1, 0.15) is 0 Å². The second-order valence-corrected chi connectivity index (χ2v) is 2.85. The Labute approximate surface area is 76.5 Å². The summed E-state index contributed by atoms with van der Waals surface area (Å²) in [6.07, 6.45) is 4.03. The molecule has 0 bridgehead atoms. The first-order valence-corrected chi connectivity index (χ1v) is 4.10. The normalized spacial score (nSPS) is 9.77. The van der Waals surface area contributed by atoms with Gasteiger partial charge in [0.2, 0.25) is 0 Å². The van der Waals surface area contributed by atoms with Crippen molar-refractivity contribution in [2.45, 2.75) is 6.42 Å². The zero-order valence-electron chi connectivity index (χ0n) is 7.07. The summed E-state index contributed by atoms with van der Waals surface area (Å²) in [6.45, 7) is 0. The summed E-state index contributed by atoms with van der Waals surface area (Å²) >= 11 is 0. The zero-order valence-corrected chi connectivity index (χ0v) is 7.07. The number of nitrogens with zero attached hydrogens (tertiary/aromatic N) is 2. The Morgan fingerprint density at radius 2 is 2.23 bits per heavy atom. The number of hydrogen-bond donors (Lipinski definition) is 0. The summed E-state index contributed by atoms with van der Waals surface area (Å²) in [7, 11) is 0. The highest BCUT2D eigenvalue weighted by atomic mass is 14.6. The van der Waals surface area contributed by atoms with E-state index in [-0.39, 0.29) is 0 Å². The van der Waals surface area contributed by atoms with Crippen LogP contribution in [0.1, 0.15) is 5.56 Å². The monoisotopic (exact) mass is 168 g/mol. The quantitative estimate of drug-likeness (QED) is 0.655. The van der Waals surface area contributed by atoms with Crippen LogP contribution >= 0.6 is 0 Å². The second-order valence-electron chi connectivity index (χ2n) is 2.85. The lowest BCUT2D eigenvalue weighted by atomic mass is 10.1. The van der Waals surface area contributed by atoms with E-state index in [4.69, 9.17) is 5.26 Å². The summed E-state index contributed by atoms with van der Waals surface area (Å²) in [6, 6.07) is 10.0. The van der Waals surface area contributed by atoms with Crippen LogP contribution in [-0.2, 0) is 6.42 Å². The van der Waals surface area contributed by atoms with Gasteiger partial charge in [0.15, 0.2) is 0 Å². The molecule has 13 heavy (non-hydrogen) atoms. The molecule has 2 rings (SSSR count). The van der Waals surface area contributed by atoms with E-state index in [1.54, 1.807) is 6.20 Å². The number of rotatable bonds is 1. The van der Waals surface area contributed by atoms with Crippen LogP contribution < -0.4 is 0 Å². The van der Waals surface area contributed by atoms with Crippen molar-refractivity contribution in [1.29, 1.82) is 5.26 Å². The first-order chi connectivity index (χ1) is 6.42. The minimum atomic E-state index is 0.460. The molecular formula is C11H8N2. The largest absolute Gasteiger partial charge is 0.264 e. The molecule has 0 unspecified atom stereocenters. The molecule has 62 valence electrons. The average Bonchev–Trinajstić information content (AvgIpc) is 2.19. The van der Waals surface area contributed by atoms with Gasteiger partial charge in [-0.15, -0.1) is 0 Å². The van der Waals surface area contributed by atoms with E-state index in [1.807, 2.05) is 30.5 Å². The molecule has 1 aromatic carbocycles. The van der Waals surface area contributed by atoms with Gasteiger partial charge in [-0.05, 0) is 17.0 Å². The van der Waals surface area contributed by atoms with E-state index in [1.165, 1.54) is 0 Å². The van der Waals surface area contributed by atoms with Crippen molar-refractivity contribution in [2.75, 3.05) is 0 Å². The number of aromatic nitrogens is 1. The van der Waals surface area contributed by atoms with Crippen LogP contribution in [0.25, 0.3) is 10.8 Å². The van der Waals surface area contributed by atoms with Gasteiger partial charge in [0, 0.05) is 17.8 Å². The standard InChI is InChI=1S/C11H8N2/c12-6-4-9-2-1-3-10-8-13-7-5-11(9)10/h1-3,5,7-8H,4H2. The van der Waals surface area contributed by atoms with Crippen LogP contribution in [0.15, 0.2) is 36.7 Å². The van der Waals surface area contributed by atoms with E-state index in [2.05, 4.69) is 11.1 Å². The Kier molecular flexibility index (Phi) is 1.93. The summed E-state index contributed by atoms with van der Waals surface area (Å²) in [5, 5.41) is 10.8. The lowest BCUT2D eigenvalue weighted by Crippen LogP contribution is -1.84. The molecular weight excluding hydrogens is 160 g/mol. The highest BCUT2D eigenvalue weighted by Crippen LogP contribution is 2.17. The summed E-state index contributed by atoms with van der Waals surface area (Å²) in [5.74, 6) is 0. The van der Waals surface area contributed by atoms with Crippen molar-refractivity contribution in [2.24, 2.45) is 0 Å². The van der Waals surface area contributed by atoms with Crippen LogP contribution in [-0.4, -0.2) is 4.98 Å². The Bertz CT molecular complexity index is 463. The number of nitriles is 1. The van der Waals surface area contributed by atoms with Crippen molar-refractivity contribution in [3.63, 3.8) is 0 Å². The summed E-state index contributed by atoms with van der Waals surface area (Å²) in [4.78, 5) is 4.03. The molecule has 0 atom stereocenters. The maximum atomic E-state index is 8.61. The molecule has 0 aliphatic heterocycles. The van der Waals surface area contributed by atoms with Crippen molar-refractivity contribution < 1.29 is 0 Å². The van der Waals surface area contributed by atoms with Crippen LogP contribution in [0.5, 0.6) is 0 Å². The van der Waals surface area contributed by atoms with Crippen LogP contribution in [0.2, 0.25) is 0 Å². The molecule has 0 N–H and O–H groups in total. The Balaban J connectivity index is 2.70. The lowest BCUT2D eigenvalue weighted by Gasteiger charge is -2.00. The predicted molar refractivity (Wildman–Crippen MR) is 51.1 cm³/mol. The maximum absolute atomic E-state index is 8.61. The summed E-state index contributed by atoms with van der Waals surface area (Å²) < 4.78 is 0. The molecule has 2 aromatic rings. The molecule has 0 saturated heterocycles. The molecule has 0 radical (unpaired) electrons. The second kappa shape index (κ2) is 3.24. The first-order valence-electron chi connectivity index (χ1n) is 4.10. The average molecular weight is 168 g/mol. The Morgan fingerprint density at radius 1 is 1.31 bits per heavy atom. The molecule has 2 nitrogen and oxygen atoms in total. The van der Waals surface area contributed by atoms with Gasteiger partial charge in [0.25, 0.3) is 0 Å². The van der Waals surface area contributed by atoms with Gasteiger partial charge >= 0.3 is 0 Å². The molecule has 0 aliphatic carbocycles. The zero-order chi connectivity index (χ0) is 9.10. The highest BCUT2D eigenvalue weighted by Gasteiger charge is 1.98. The minimum absolute atomic E-state index is 0.460. The van der Waals surface area contributed by atoms with Crippen LogP contribution in [0.3, 0.4) is 0 Å². The van der Waals surface area contributed by atoms with E-state index >= 15 is 0 Å². The van der Waals surface area contributed by atoms with Crippen LogP contribution in [0, 0.1) is 11.3 Å². The SMILES string of the molecule is N#CCc1cccc2cnccc12. The fraction of sp³-hybridized carbons (Fsp3) is 0.0909. The number of pyridine rings is 1. The number of hydrogen-bond acceptors (Lipinski definition) is 2. The lowest BCUT2D eigenvalue weighted by molar-refractivity contribution is 1.28. The molecule has 0 saturated carbocycles. The number of fused-ring (bicyclic) bond motifs is 1. The fourth-order valence-electron chi connectivity index (χ4n) is 1.43. The molecule has 2 heteroatoms. The Morgan fingerprint density at radius 3 is 3.08 bits per heavy atom. The summed E-state index contributed by atoms with van der Waals surface area (Å²) in [5.41, 5.74) is 1.07. The van der Waals surface area contributed by atoms with Gasteiger partial charge in [-0.1, -0.05) is 18.2 Å². The van der Waals surface area contributed by atoms with Crippen molar-refractivity contribution in [3.05, 3.63) is 42.2 Å². The fourth-order valence-corrected chi connectivity index (χ4v) is 1.43. The van der Waals surface area contributed by atoms with Gasteiger partial charge < -0.3 is 0 Å². The third-order valence-corrected chi connectivity index (χ3v) is 2.04. The third kappa shape index (κ3) is 1.36. The smallest absolute Gasteiger partial charge is 0.0669 e. The molecule has 0 amide bonds.